The Morgan fingerprint density at radius 2 is 1.26 bits per heavy atom. The highest BCUT2D eigenvalue weighted by atomic mass is 15.4. The van der Waals surface area contributed by atoms with Crippen molar-refractivity contribution in [2.45, 2.75) is 50.2 Å². The second-order valence-corrected chi connectivity index (χ2v) is 6.38. The largest absolute Gasteiger partial charge is 0.594 e. The van der Waals surface area contributed by atoms with Gasteiger partial charge in [-0.3, -0.25) is 9.19 Å². The maximum atomic E-state index is 3.47. The average Bonchev–Trinajstić information content (AvgIpc) is 3.11. The van der Waals surface area contributed by atoms with Crippen molar-refractivity contribution in [3.8, 4) is 0 Å². The molecule has 2 aromatic heterocycles. The molecule has 2 aliphatic rings. The molecule has 4 nitrogen and oxygen atoms in total. The summed E-state index contributed by atoms with van der Waals surface area (Å²) in [7, 11) is 0. The van der Waals surface area contributed by atoms with Gasteiger partial charge in [0.2, 0.25) is 0 Å². The van der Waals surface area contributed by atoms with Gasteiger partial charge < -0.3 is 0 Å². The Morgan fingerprint density at radius 1 is 0.789 bits per heavy atom. The molecule has 2 aromatic rings. The van der Waals surface area contributed by atoms with Crippen LogP contribution in [0.3, 0.4) is 0 Å². The Morgan fingerprint density at radius 3 is 1.63 bits per heavy atom. The Kier molecular flexibility index (Phi) is 2.53. The molecule has 4 rings (SSSR count). The summed E-state index contributed by atoms with van der Waals surface area (Å²) < 4.78 is 4.81. The summed E-state index contributed by atoms with van der Waals surface area (Å²) in [6.07, 6.45) is 16.1. The maximum Gasteiger partial charge on any atom is 0.594 e. The van der Waals surface area contributed by atoms with Crippen molar-refractivity contribution in [3.63, 3.8) is 0 Å². The average molecular weight is 257 g/mol. The van der Waals surface area contributed by atoms with Crippen molar-refractivity contribution in [1.82, 2.24) is 10.2 Å². The molecule has 5 heteroatoms. The van der Waals surface area contributed by atoms with E-state index in [2.05, 4.69) is 56.3 Å². The van der Waals surface area contributed by atoms with Crippen LogP contribution < -0.4 is 9.19 Å². The summed E-state index contributed by atoms with van der Waals surface area (Å²) in [6.45, 7) is 0. The van der Waals surface area contributed by atoms with Crippen LogP contribution in [0.5, 0.6) is 0 Å². The van der Waals surface area contributed by atoms with Crippen molar-refractivity contribution < 1.29 is 9.19 Å². The number of nitrogens with zero attached hydrogens (tertiary/aromatic N) is 2. The molecule has 2 N–H and O–H groups in total. The lowest BCUT2D eigenvalue weighted by atomic mass is 9.24. The van der Waals surface area contributed by atoms with Crippen LogP contribution in [0.15, 0.2) is 36.9 Å². The third kappa shape index (κ3) is 1.47. The van der Waals surface area contributed by atoms with E-state index in [1.807, 2.05) is 0 Å². The van der Waals surface area contributed by atoms with E-state index >= 15 is 0 Å². The minimum Gasteiger partial charge on any atom is -0.266 e. The lowest BCUT2D eigenvalue weighted by Crippen LogP contribution is -2.88. The van der Waals surface area contributed by atoms with Crippen molar-refractivity contribution in [2.75, 3.05) is 0 Å². The Hall–Kier alpha value is -1.52. The fourth-order valence-electron chi connectivity index (χ4n) is 5.11. The quantitative estimate of drug-likeness (QED) is 0.771. The molecule has 2 aliphatic heterocycles. The zero-order valence-electron chi connectivity index (χ0n) is 11.3. The van der Waals surface area contributed by atoms with Gasteiger partial charge in [-0.1, -0.05) is 38.5 Å². The molecule has 4 heterocycles. The van der Waals surface area contributed by atoms with Crippen LogP contribution in [-0.2, 0) is 0 Å². The maximum absolute atomic E-state index is 3.47. The molecular formula is C14H22BN4+. The first-order valence-electron chi connectivity index (χ1n) is 7.69. The summed E-state index contributed by atoms with van der Waals surface area (Å²) in [5.74, 6) is 1.58. The lowest BCUT2D eigenvalue weighted by molar-refractivity contribution is -0.751. The Bertz CT molecular complexity index is 476. The second-order valence-electron chi connectivity index (χ2n) is 6.38. The molecule has 0 amide bonds. The van der Waals surface area contributed by atoms with Gasteiger partial charge in [-0.2, -0.15) is 0 Å². The molecule has 2 bridgehead atoms. The number of H-pyrrole nitrogens is 2. The van der Waals surface area contributed by atoms with Gasteiger partial charge in [-0.05, 0) is 11.6 Å². The summed E-state index contributed by atoms with van der Waals surface area (Å²) in [5.41, 5.74) is 0. The number of hydrogen-bond donors (Lipinski definition) is 2. The highest BCUT2D eigenvalue weighted by molar-refractivity contribution is 6.66. The highest BCUT2D eigenvalue weighted by Crippen LogP contribution is 2.49. The van der Waals surface area contributed by atoms with Gasteiger partial charge in [0.05, 0.1) is 12.4 Å². The second kappa shape index (κ2) is 4.25. The van der Waals surface area contributed by atoms with Gasteiger partial charge >= 0.3 is 6.42 Å². The smallest absolute Gasteiger partial charge is 0.266 e. The van der Waals surface area contributed by atoms with E-state index < -0.39 is 6.42 Å². The first kappa shape index (κ1) is 11.3. The minimum absolute atomic E-state index is 0.757. The first-order valence-corrected chi connectivity index (χ1v) is 7.69. The molecule has 0 aromatic carbocycles. The molecule has 0 atom stereocenters. The van der Waals surface area contributed by atoms with Crippen molar-refractivity contribution >= 4 is 6.42 Å². The molecule has 0 aliphatic carbocycles. The number of aromatic amines is 2. The van der Waals surface area contributed by atoms with E-state index in [0.717, 1.165) is 11.6 Å². The predicted molar refractivity (Wildman–Crippen MR) is 73.7 cm³/mol. The van der Waals surface area contributed by atoms with Gasteiger partial charge in [0.15, 0.2) is 0 Å². The lowest BCUT2D eigenvalue weighted by Gasteiger charge is -2.45. The van der Waals surface area contributed by atoms with Crippen LogP contribution in [0.25, 0.3) is 0 Å². The predicted octanol–water partition coefficient (Wildman–Crippen LogP) is 1.86. The van der Waals surface area contributed by atoms with E-state index in [9.17, 15) is 0 Å². The third-order valence-electron chi connectivity index (χ3n) is 5.71. The van der Waals surface area contributed by atoms with Crippen LogP contribution in [0.2, 0.25) is 11.6 Å². The Labute approximate surface area is 113 Å². The molecular weight excluding hydrogens is 235 g/mol. The topological polar surface area (TPSA) is 39.3 Å². The number of hydrogen-bond acceptors (Lipinski definition) is 0. The van der Waals surface area contributed by atoms with E-state index in [1.54, 1.807) is 0 Å². The van der Waals surface area contributed by atoms with Gasteiger partial charge in [0.25, 0.3) is 0 Å². The molecule has 0 unspecified atom stereocenters. The summed E-state index contributed by atoms with van der Waals surface area (Å²) in [6, 6.07) is 4.24. The van der Waals surface area contributed by atoms with Crippen molar-refractivity contribution in [1.29, 1.82) is 0 Å². The molecule has 0 saturated carbocycles. The third-order valence-corrected chi connectivity index (χ3v) is 5.71. The zero-order valence-corrected chi connectivity index (χ0v) is 11.3. The minimum atomic E-state index is -0.757. The van der Waals surface area contributed by atoms with E-state index in [4.69, 9.17) is 0 Å². The standard InChI is InChI=1S/C14H22BN4/c1-5-13-7-2-8-14(6-1)15(13,18-11-3-9-16-18)19-12-4-10-17-19/h3-4,9-14,16-17H,1-2,5-8H2/q+1. The fraction of sp³-hybridized carbons (Fsp3) is 0.571. The number of rotatable bonds is 2. The van der Waals surface area contributed by atoms with Crippen molar-refractivity contribution in [2.24, 2.45) is 0 Å². The normalized spacial score (nSPS) is 29.3. The summed E-state index contributed by atoms with van der Waals surface area (Å²) >= 11 is 0. The summed E-state index contributed by atoms with van der Waals surface area (Å²) in [5, 5.41) is 6.94. The summed E-state index contributed by atoms with van der Waals surface area (Å²) in [4.78, 5) is 0. The molecule has 0 spiro atoms. The molecule has 2 saturated heterocycles. The van der Waals surface area contributed by atoms with Crippen LogP contribution in [-0.4, -0.2) is 16.6 Å². The first-order chi connectivity index (χ1) is 9.42. The van der Waals surface area contributed by atoms with Crippen LogP contribution in [0, 0.1) is 0 Å². The van der Waals surface area contributed by atoms with E-state index in [1.165, 1.54) is 38.5 Å². The highest BCUT2D eigenvalue weighted by Gasteiger charge is 2.66. The molecule has 2 fully saturated rings. The van der Waals surface area contributed by atoms with Gasteiger partial charge in [0.1, 0.15) is 12.4 Å². The van der Waals surface area contributed by atoms with Crippen LogP contribution >= 0.6 is 0 Å². The number of nitrogens with one attached hydrogen (secondary N) is 2. The molecule has 0 radical (unpaired) electrons. The molecule has 100 valence electrons. The monoisotopic (exact) mass is 257 g/mol. The fourth-order valence-corrected chi connectivity index (χ4v) is 5.11. The van der Waals surface area contributed by atoms with E-state index in [-0.39, 0.29) is 0 Å². The zero-order chi connectivity index (χ0) is 12.7. The SMILES string of the molecule is c1c[nH][n+]([B-]2([n+]3ccc[nH]3)C3CCCC2CCC3)c1. The molecule has 19 heavy (non-hydrogen) atoms. The number of fused-ring (bicyclic) bond motifs is 2. The van der Waals surface area contributed by atoms with E-state index in [0.29, 0.717) is 0 Å². The van der Waals surface area contributed by atoms with Crippen LogP contribution in [0.4, 0.5) is 0 Å². The van der Waals surface area contributed by atoms with Gasteiger partial charge in [-0.15, -0.1) is 0 Å². The van der Waals surface area contributed by atoms with Crippen LogP contribution in [0.1, 0.15) is 38.5 Å². The van der Waals surface area contributed by atoms with Gasteiger partial charge in [-0.25, -0.2) is 10.2 Å². The van der Waals surface area contributed by atoms with Gasteiger partial charge in [0, 0.05) is 12.1 Å². The van der Waals surface area contributed by atoms with Crippen molar-refractivity contribution in [3.05, 3.63) is 36.9 Å². The Balaban J connectivity index is 1.93. The number of aromatic nitrogens is 4.